The zero-order chi connectivity index (χ0) is 22.7. The molecule has 3 heterocycles. The van der Waals surface area contributed by atoms with Gasteiger partial charge in [0.2, 0.25) is 21.8 Å². The number of fused-ring (bicyclic) bond motifs is 1. The van der Waals surface area contributed by atoms with Gasteiger partial charge in [-0.3, -0.25) is 14.4 Å². The first-order valence-corrected chi connectivity index (χ1v) is 12.1. The van der Waals surface area contributed by atoms with Gasteiger partial charge in [0.1, 0.15) is 5.69 Å². The fourth-order valence-electron chi connectivity index (χ4n) is 3.77. The number of rotatable bonds is 7. The highest BCUT2D eigenvalue weighted by molar-refractivity contribution is 7.92. The Labute approximate surface area is 186 Å². The minimum atomic E-state index is -3.52. The van der Waals surface area contributed by atoms with Gasteiger partial charge in [0.15, 0.2) is 0 Å². The number of sulfonamides is 1. The maximum Gasteiger partial charge on any atom is 0.238 e. The second-order valence-corrected chi connectivity index (χ2v) is 9.49. The lowest BCUT2D eigenvalue weighted by Crippen LogP contribution is -2.41. The lowest BCUT2D eigenvalue weighted by Gasteiger charge is -2.26. The van der Waals surface area contributed by atoms with Crippen molar-refractivity contribution in [1.82, 2.24) is 9.88 Å². The number of benzene rings is 1. The van der Waals surface area contributed by atoms with Crippen LogP contribution in [0.3, 0.4) is 0 Å². The van der Waals surface area contributed by atoms with Crippen LogP contribution in [-0.4, -0.2) is 70.4 Å². The first-order chi connectivity index (χ1) is 15.3. The quantitative estimate of drug-likeness (QED) is 0.634. The summed E-state index contributed by atoms with van der Waals surface area (Å²) in [5.41, 5.74) is 4.29. The lowest BCUT2D eigenvalue weighted by molar-refractivity contribution is -0.118. The smallest absolute Gasteiger partial charge is 0.238 e. The third-order valence-corrected chi connectivity index (χ3v) is 5.86. The van der Waals surface area contributed by atoms with Crippen molar-refractivity contribution in [2.45, 2.75) is 13.2 Å². The van der Waals surface area contributed by atoms with E-state index in [9.17, 15) is 13.2 Å². The summed E-state index contributed by atoms with van der Waals surface area (Å²) in [5, 5.41) is 3.02. The van der Waals surface area contributed by atoms with Crippen LogP contribution in [0.4, 0.5) is 11.4 Å². The van der Waals surface area contributed by atoms with Crippen molar-refractivity contribution in [3.8, 4) is 17.0 Å². The van der Waals surface area contributed by atoms with Gasteiger partial charge in [-0.25, -0.2) is 13.4 Å². The van der Waals surface area contributed by atoms with Crippen LogP contribution < -0.4 is 14.8 Å². The van der Waals surface area contributed by atoms with Gasteiger partial charge in [0.05, 0.1) is 46.3 Å². The Morgan fingerprint density at radius 2 is 1.88 bits per heavy atom. The number of hydrogen-bond donors (Lipinski definition) is 2. The van der Waals surface area contributed by atoms with Gasteiger partial charge in [-0.2, -0.15) is 0 Å². The molecule has 2 aliphatic heterocycles. The molecule has 2 aromatic rings. The van der Waals surface area contributed by atoms with E-state index < -0.39 is 10.0 Å². The van der Waals surface area contributed by atoms with Gasteiger partial charge < -0.3 is 19.5 Å². The highest BCUT2D eigenvalue weighted by Crippen LogP contribution is 2.35. The van der Waals surface area contributed by atoms with Crippen LogP contribution in [0.25, 0.3) is 11.1 Å². The van der Waals surface area contributed by atoms with Crippen LogP contribution in [0.15, 0.2) is 24.4 Å². The minimum absolute atomic E-state index is 0.106. The second-order valence-electron chi connectivity index (χ2n) is 7.75. The summed E-state index contributed by atoms with van der Waals surface area (Å²) in [6.45, 7) is 3.85. The molecular weight excluding hydrogens is 436 g/mol. The van der Waals surface area contributed by atoms with Crippen molar-refractivity contribution < 1.29 is 27.4 Å². The van der Waals surface area contributed by atoms with Gasteiger partial charge in [0, 0.05) is 36.1 Å². The SMILES string of the molecule is COc1ncc(-c2cc3c(c(NC(=O)CN4CCOCC4)c2)COC3)cc1NS(C)(=O)=O. The Morgan fingerprint density at radius 3 is 2.59 bits per heavy atom. The van der Waals surface area contributed by atoms with Crippen LogP contribution in [0, 0.1) is 0 Å². The van der Waals surface area contributed by atoms with Gasteiger partial charge in [-0.1, -0.05) is 0 Å². The van der Waals surface area contributed by atoms with Gasteiger partial charge in [-0.15, -0.1) is 0 Å². The van der Waals surface area contributed by atoms with E-state index >= 15 is 0 Å². The highest BCUT2D eigenvalue weighted by atomic mass is 32.2. The van der Waals surface area contributed by atoms with E-state index in [0.717, 1.165) is 36.0 Å². The maximum absolute atomic E-state index is 12.7. The van der Waals surface area contributed by atoms with E-state index in [2.05, 4.69) is 19.9 Å². The fraction of sp³-hybridized carbons (Fsp3) is 0.429. The van der Waals surface area contributed by atoms with E-state index in [1.54, 1.807) is 12.3 Å². The summed E-state index contributed by atoms with van der Waals surface area (Å²) < 4.78 is 42.0. The van der Waals surface area contributed by atoms with E-state index in [1.165, 1.54) is 7.11 Å². The summed E-state index contributed by atoms with van der Waals surface area (Å²) in [6, 6.07) is 5.48. The van der Waals surface area contributed by atoms with Crippen molar-refractivity contribution in [2.75, 3.05) is 56.3 Å². The van der Waals surface area contributed by atoms with Gasteiger partial charge in [-0.05, 0) is 29.3 Å². The molecular formula is C21H26N4O6S. The standard InChI is InChI=1S/C21H26N4O6S/c1-29-21-19(24-32(2,27)28)9-15(10-22-21)14-7-16-12-31-13-17(16)18(8-14)23-20(26)11-25-3-5-30-6-4-25/h7-10,24H,3-6,11-13H2,1-2H3,(H,23,26). The number of nitrogens with zero attached hydrogens (tertiary/aromatic N) is 2. The molecule has 0 unspecified atom stereocenters. The molecule has 1 amide bonds. The number of carbonyl (C=O) groups excluding carboxylic acids is 1. The maximum atomic E-state index is 12.7. The molecule has 1 aromatic carbocycles. The summed E-state index contributed by atoms with van der Waals surface area (Å²) >= 11 is 0. The summed E-state index contributed by atoms with van der Waals surface area (Å²) in [6.07, 6.45) is 2.66. The Bertz CT molecular complexity index is 1120. The van der Waals surface area contributed by atoms with Crippen molar-refractivity contribution in [3.63, 3.8) is 0 Å². The largest absolute Gasteiger partial charge is 0.480 e. The molecule has 32 heavy (non-hydrogen) atoms. The van der Waals surface area contributed by atoms with Gasteiger partial charge in [0.25, 0.3) is 0 Å². The van der Waals surface area contributed by atoms with E-state index in [0.29, 0.717) is 37.7 Å². The molecule has 0 bridgehead atoms. The second kappa shape index (κ2) is 9.41. The molecule has 0 saturated carbocycles. The van der Waals surface area contributed by atoms with Crippen LogP contribution in [0.2, 0.25) is 0 Å². The Kier molecular flexibility index (Phi) is 6.60. The molecule has 0 aliphatic carbocycles. The van der Waals surface area contributed by atoms with Crippen molar-refractivity contribution in [3.05, 3.63) is 35.5 Å². The lowest BCUT2D eigenvalue weighted by atomic mass is 9.99. The molecule has 11 heteroatoms. The molecule has 1 fully saturated rings. The number of carbonyl (C=O) groups is 1. The number of ether oxygens (including phenoxy) is 3. The Balaban J connectivity index is 1.63. The normalized spacial score (nSPS) is 16.4. The zero-order valence-electron chi connectivity index (χ0n) is 18.0. The fourth-order valence-corrected chi connectivity index (χ4v) is 4.32. The number of morpholine rings is 1. The van der Waals surface area contributed by atoms with Crippen LogP contribution >= 0.6 is 0 Å². The number of pyridine rings is 1. The first kappa shape index (κ1) is 22.5. The predicted octanol–water partition coefficient (Wildman–Crippen LogP) is 1.43. The molecule has 1 saturated heterocycles. The zero-order valence-corrected chi connectivity index (χ0v) is 18.8. The third-order valence-electron chi connectivity index (χ3n) is 5.26. The number of hydrogen-bond acceptors (Lipinski definition) is 8. The molecule has 0 spiro atoms. The summed E-state index contributed by atoms with van der Waals surface area (Å²) in [7, 11) is -2.10. The molecule has 2 N–H and O–H groups in total. The number of methoxy groups -OCH3 is 1. The monoisotopic (exact) mass is 462 g/mol. The van der Waals surface area contributed by atoms with Crippen molar-refractivity contribution in [2.24, 2.45) is 0 Å². The summed E-state index contributed by atoms with van der Waals surface area (Å²) in [5.74, 6) is 0.0631. The molecule has 10 nitrogen and oxygen atoms in total. The molecule has 0 radical (unpaired) electrons. The topological polar surface area (TPSA) is 119 Å². The summed E-state index contributed by atoms with van der Waals surface area (Å²) in [4.78, 5) is 19.0. The molecule has 0 atom stereocenters. The average molecular weight is 463 g/mol. The third kappa shape index (κ3) is 5.36. The van der Waals surface area contributed by atoms with E-state index in [1.807, 2.05) is 12.1 Å². The predicted molar refractivity (Wildman–Crippen MR) is 119 cm³/mol. The van der Waals surface area contributed by atoms with Crippen molar-refractivity contribution in [1.29, 1.82) is 0 Å². The molecule has 172 valence electrons. The Morgan fingerprint density at radius 1 is 1.12 bits per heavy atom. The number of amides is 1. The molecule has 2 aliphatic rings. The van der Waals surface area contributed by atoms with E-state index in [-0.39, 0.29) is 24.0 Å². The van der Waals surface area contributed by atoms with Gasteiger partial charge >= 0.3 is 0 Å². The number of aromatic nitrogens is 1. The minimum Gasteiger partial charge on any atom is -0.480 e. The average Bonchev–Trinajstić information content (AvgIpc) is 3.22. The molecule has 4 rings (SSSR count). The molecule has 1 aromatic heterocycles. The Hall–Kier alpha value is -2.73. The van der Waals surface area contributed by atoms with Crippen LogP contribution in [-0.2, 0) is 37.5 Å². The number of anilines is 2. The highest BCUT2D eigenvalue weighted by Gasteiger charge is 2.21. The first-order valence-electron chi connectivity index (χ1n) is 10.2. The van der Waals surface area contributed by atoms with Crippen LogP contribution in [0.1, 0.15) is 11.1 Å². The number of nitrogens with one attached hydrogen (secondary N) is 2. The van der Waals surface area contributed by atoms with E-state index in [4.69, 9.17) is 14.2 Å². The van der Waals surface area contributed by atoms with Crippen LogP contribution in [0.5, 0.6) is 5.88 Å². The van der Waals surface area contributed by atoms with Crippen molar-refractivity contribution >= 4 is 27.3 Å².